The third-order valence-corrected chi connectivity index (χ3v) is 4.18. The van der Waals surface area contributed by atoms with E-state index in [-0.39, 0.29) is 0 Å². The topological polar surface area (TPSA) is 18.5 Å². The third-order valence-electron chi connectivity index (χ3n) is 3.69. The first-order chi connectivity index (χ1) is 8.66. The summed E-state index contributed by atoms with van der Waals surface area (Å²) in [6.07, 6.45) is 1.20. The molecule has 1 heterocycles. The fourth-order valence-corrected chi connectivity index (χ4v) is 2.76. The zero-order valence-electron chi connectivity index (χ0n) is 11.2. The molecule has 0 amide bonds. The van der Waals surface area contributed by atoms with E-state index in [2.05, 4.69) is 69.4 Å². The average molecular weight is 312 g/mol. The molecule has 0 bridgehead atoms. The second-order valence-electron chi connectivity index (χ2n) is 5.03. The van der Waals surface area contributed by atoms with E-state index in [1.165, 1.54) is 12.1 Å². The number of nitrogens with one attached hydrogen (secondary N) is 1. The summed E-state index contributed by atoms with van der Waals surface area (Å²) in [6, 6.07) is 9.14. The molecule has 1 aliphatic rings. The van der Waals surface area contributed by atoms with Gasteiger partial charge in [0, 0.05) is 49.4 Å². The van der Waals surface area contributed by atoms with Crippen LogP contribution in [-0.2, 0) is 0 Å². The highest BCUT2D eigenvalue weighted by atomic mass is 79.9. The van der Waals surface area contributed by atoms with Crippen LogP contribution in [0.25, 0.3) is 0 Å². The van der Waals surface area contributed by atoms with Crippen LogP contribution in [0.5, 0.6) is 0 Å². The number of likely N-dealkylation sites (N-methyl/N-ethyl adjacent to an activating group) is 1. The Bertz CT molecular complexity index is 383. The van der Waals surface area contributed by atoms with Crippen molar-refractivity contribution < 1.29 is 0 Å². The van der Waals surface area contributed by atoms with Crippen LogP contribution >= 0.6 is 15.9 Å². The van der Waals surface area contributed by atoms with Crippen molar-refractivity contribution in [2.45, 2.75) is 12.5 Å². The van der Waals surface area contributed by atoms with Crippen LogP contribution in [0.2, 0.25) is 0 Å². The van der Waals surface area contributed by atoms with Gasteiger partial charge in [0.2, 0.25) is 0 Å². The van der Waals surface area contributed by atoms with E-state index in [0.29, 0.717) is 6.04 Å². The van der Waals surface area contributed by atoms with Gasteiger partial charge in [-0.25, -0.2) is 0 Å². The van der Waals surface area contributed by atoms with Crippen molar-refractivity contribution in [1.29, 1.82) is 0 Å². The first kappa shape index (κ1) is 13.8. The monoisotopic (exact) mass is 311 g/mol. The van der Waals surface area contributed by atoms with Gasteiger partial charge in [-0.15, -0.1) is 0 Å². The molecule has 1 fully saturated rings. The molecular weight excluding hydrogens is 290 g/mol. The number of benzene rings is 1. The molecule has 1 aromatic carbocycles. The van der Waals surface area contributed by atoms with Gasteiger partial charge < -0.3 is 15.1 Å². The molecular formula is C14H22BrN3. The fraction of sp³-hybridized carbons (Fsp3) is 0.571. The Morgan fingerprint density at radius 3 is 3.06 bits per heavy atom. The van der Waals surface area contributed by atoms with Crippen molar-refractivity contribution in [3.63, 3.8) is 0 Å². The van der Waals surface area contributed by atoms with E-state index in [1.54, 1.807) is 0 Å². The molecule has 1 aliphatic heterocycles. The van der Waals surface area contributed by atoms with Crippen LogP contribution < -0.4 is 10.2 Å². The molecule has 1 N–H and O–H groups in total. The van der Waals surface area contributed by atoms with Crippen molar-refractivity contribution in [3.8, 4) is 0 Å². The Morgan fingerprint density at radius 1 is 1.50 bits per heavy atom. The zero-order chi connectivity index (χ0) is 13.0. The predicted molar refractivity (Wildman–Crippen MR) is 81.3 cm³/mol. The highest BCUT2D eigenvalue weighted by molar-refractivity contribution is 9.10. The molecule has 3 nitrogen and oxygen atoms in total. The first-order valence-electron chi connectivity index (χ1n) is 6.54. The number of hydrogen-bond donors (Lipinski definition) is 1. The number of halogens is 1. The summed E-state index contributed by atoms with van der Waals surface area (Å²) < 4.78 is 1.14. The lowest BCUT2D eigenvalue weighted by Crippen LogP contribution is -2.50. The predicted octanol–water partition coefficient (Wildman–Crippen LogP) is 2.18. The van der Waals surface area contributed by atoms with E-state index in [9.17, 15) is 0 Å². The van der Waals surface area contributed by atoms with E-state index in [0.717, 1.165) is 30.7 Å². The van der Waals surface area contributed by atoms with E-state index in [1.807, 2.05) is 0 Å². The number of rotatable bonds is 4. The molecule has 0 saturated carbocycles. The maximum Gasteiger partial charge on any atom is 0.0374 e. The standard InChI is InChI=1S/C14H22BrN3/c1-17(13-5-3-4-12(15)10-13)8-6-14-11-16-7-9-18(14)2/h3-5,10,14,16H,6-9,11H2,1-2H3. The lowest BCUT2D eigenvalue weighted by Gasteiger charge is -2.34. The zero-order valence-corrected chi connectivity index (χ0v) is 12.8. The van der Waals surface area contributed by atoms with Gasteiger partial charge in [0.05, 0.1) is 0 Å². The fourth-order valence-electron chi connectivity index (χ4n) is 2.37. The second-order valence-corrected chi connectivity index (χ2v) is 5.94. The Morgan fingerprint density at radius 2 is 2.33 bits per heavy atom. The molecule has 100 valence electrons. The summed E-state index contributed by atoms with van der Waals surface area (Å²) in [5.41, 5.74) is 1.27. The number of nitrogens with zero attached hydrogens (tertiary/aromatic N) is 2. The SMILES string of the molecule is CN(CCC1CNCCN1C)c1cccc(Br)c1. The molecule has 0 aromatic heterocycles. The van der Waals surface area contributed by atoms with Crippen LogP contribution in [0.15, 0.2) is 28.7 Å². The molecule has 1 unspecified atom stereocenters. The third kappa shape index (κ3) is 3.70. The summed E-state index contributed by atoms with van der Waals surface area (Å²) in [5.74, 6) is 0. The summed E-state index contributed by atoms with van der Waals surface area (Å²) >= 11 is 3.52. The van der Waals surface area contributed by atoms with E-state index >= 15 is 0 Å². The highest BCUT2D eigenvalue weighted by Gasteiger charge is 2.18. The summed E-state index contributed by atoms with van der Waals surface area (Å²) in [7, 11) is 4.39. The maximum atomic E-state index is 3.52. The van der Waals surface area contributed by atoms with Crippen molar-refractivity contribution in [2.24, 2.45) is 0 Å². The largest absolute Gasteiger partial charge is 0.375 e. The van der Waals surface area contributed by atoms with E-state index < -0.39 is 0 Å². The van der Waals surface area contributed by atoms with Gasteiger partial charge in [-0.3, -0.25) is 0 Å². The minimum atomic E-state index is 0.661. The van der Waals surface area contributed by atoms with Crippen LogP contribution in [0.1, 0.15) is 6.42 Å². The van der Waals surface area contributed by atoms with Gasteiger partial charge in [-0.2, -0.15) is 0 Å². The smallest absolute Gasteiger partial charge is 0.0374 e. The lowest BCUT2D eigenvalue weighted by atomic mass is 10.1. The summed E-state index contributed by atoms with van der Waals surface area (Å²) in [6.45, 7) is 4.48. The van der Waals surface area contributed by atoms with Crippen LogP contribution in [-0.4, -0.2) is 51.2 Å². The molecule has 0 radical (unpaired) electrons. The average Bonchev–Trinajstić information content (AvgIpc) is 2.37. The number of anilines is 1. The Kier molecular flexibility index (Phi) is 5.03. The lowest BCUT2D eigenvalue weighted by molar-refractivity contribution is 0.192. The molecule has 0 aliphatic carbocycles. The Balaban J connectivity index is 1.86. The van der Waals surface area contributed by atoms with Crippen LogP contribution in [0.3, 0.4) is 0 Å². The minimum absolute atomic E-state index is 0.661. The Labute approximate surface area is 118 Å². The number of hydrogen-bond acceptors (Lipinski definition) is 3. The van der Waals surface area contributed by atoms with Gasteiger partial charge in [0.15, 0.2) is 0 Å². The van der Waals surface area contributed by atoms with Gasteiger partial charge in [0.25, 0.3) is 0 Å². The molecule has 18 heavy (non-hydrogen) atoms. The minimum Gasteiger partial charge on any atom is -0.375 e. The van der Waals surface area contributed by atoms with Crippen molar-refractivity contribution >= 4 is 21.6 Å². The molecule has 1 atom stereocenters. The molecule has 0 spiro atoms. The summed E-state index contributed by atoms with van der Waals surface area (Å²) in [5, 5.41) is 3.47. The molecule has 1 aromatic rings. The van der Waals surface area contributed by atoms with Crippen molar-refractivity contribution in [3.05, 3.63) is 28.7 Å². The van der Waals surface area contributed by atoms with E-state index in [4.69, 9.17) is 0 Å². The van der Waals surface area contributed by atoms with Gasteiger partial charge >= 0.3 is 0 Å². The Hall–Kier alpha value is -0.580. The van der Waals surface area contributed by atoms with Crippen molar-refractivity contribution in [1.82, 2.24) is 10.2 Å². The summed E-state index contributed by atoms with van der Waals surface area (Å²) in [4.78, 5) is 4.79. The maximum absolute atomic E-state index is 3.52. The van der Waals surface area contributed by atoms with Gasteiger partial charge in [0.1, 0.15) is 0 Å². The van der Waals surface area contributed by atoms with Crippen LogP contribution in [0, 0.1) is 0 Å². The first-order valence-corrected chi connectivity index (χ1v) is 7.34. The highest BCUT2D eigenvalue weighted by Crippen LogP contribution is 2.19. The second kappa shape index (κ2) is 6.55. The molecule has 2 rings (SSSR count). The normalized spacial score (nSPS) is 20.9. The quantitative estimate of drug-likeness (QED) is 0.919. The number of piperazine rings is 1. The van der Waals surface area contributed by atoms with Gasteiger partial charge in [-0.05, 0) is 31.7 Å². The van der Waals surface area contributed by atoms with Crippen LogP contribution in [0.4, 0.5) is 5.69 Å². The van der Waals surface area contributed by atoms with Gasteiger partial charge in [-0.1, -0.05) is 22.0 Å². The molecule has 4 heteroatoms. The van der Waals surface area contributed by atoms with Crippen molar-refractivity contribution in [2.75, 3.05) is 45.2 Å². The molecule has 1 saturated heterocycles.